The van der Waals surface area contributed by atoms with Crippen molar-refractivity contribution in [2.45, 2.75) is 19.3 Å². The first-order valence-corrected chi connectivity index (χ1v) is 4.26. The first kappa shape index (κ1) is 8.51. The van der Waals surface area contributed by atoms with Gasteiger partial charge in [-0.05, 0) is 24.8 Å². The van der Waals surface area contributed by atoms with Gasteiger partial charge in [0.05, 0.1) is 6.20 Å². The highest BCUT2D eigenvalue weighted by Gasteiger charge is 2.12. The normalized spacial score (nSPS) is 14.2. The summed E-state index contributed by atoms with van der Waals surface area (Å²) in [5.41, 5.74) is 3.60. The Kier molecular flexibility index (Phi) is 1.96. The van der Waals surface area contributed by atoms with E-state index in [0.29, 0.717) is 0 Å². The van der Waals surface area contributed by atoms with E-state index in [9.17, 15) is 0 Å². The molecule has 0 radical (unpaired) electrons. The minimum Gasteiger partial charge on any atom is -0.233 e. The van der Waals surface area contributed by atoms with Crippen molar-refractivity contribution >= 4 is 18.1 Å². The maximum Gasteiger partial charge on any atom is 0.155 e. The molecule has 0 atom stereocenters. The van der Waals surface area contributed by atoms with Crippen LogP contribution in [0.4, 0.5) is 0 Å². The number of rotatable bonds is 0. The van der Waals surface area contributed by atoms with Gasteiger partial charge in [-0.1, -0.05) is 0 Å². The Labute approximate surface area is 82.2 Å². The van der Waals surface area contributed by atoms with E-state index in [4.69, 9.17) is 0 Å². The number of nitrogens with zero attached hydrogens (tertiary/aromatic N) is 3. The van der Waals surface area contributed by atoms with Gasteiger partial charge >= 0.3 is 0 Å². The summed E-state index contributed by atoms with van der Waals surface area (Å²) in [6, 6.07) is 1.94. The topological polar surface area (TPSA) is 30.2 Å². The predicted octanol–water partition coefficient (Wildman–Crippen LogP) is 1.64. The lowest BCUT2D eigenvalue weighted by Gasteiger charge is -1.98. The van der Waals surface area contributed by atoms with Gasteiger partial charge in [-0.15, -0.1) is 12.4 Å². The number of halogens is 1. The van der Waals surface area contributed by atoms with Crippen LogP contribution < -0.4 is 0 Å². The Hall–Kier alpha value is -1.09. The van der Waals surface area contributed by atoms with Crippen LogP contribution in [0.5, 0.6) is 0 Å². The molecule has 0 aromatic carbocycles. The van der Waals surface area contributed by atoms with Crippen LogP contribution in [-0.4, -0.2) is 14.6 Å². The van der Waals surface area contributed by atoms with E-state index in [1.165, 1.54) is 17.7 Å². The van der Waals surface area contributed by atoms with Crippen molar-refractivity contribution < 1.29 is 0 Å². The molecule has 3 nitrogen and oxygen atoms in total. The van der Waals surface area contributed by atoms with Crippen LogP contribution in [0.3, 0.4) is 0 Å². The number of hydrogen-bond donors (Lipinski definition) is 0. The zero-order valence-electron chi connectivity index (χ0n) is 7.10. The zero-order chi connectivity index (χ0) is 7.97. The molecule has 0 bridgehead atoms. The molecule has 13 heavy (non-hydrogen) atoms. The maximum atomic E-state index is 4.52. The van der Waals surface area contributed by atoms with Gasteiger partial charge in [0.2, 0.25) is 0 Å². The van der Waals surface area contributed by atoms with Crippen LogP contribution in [0.15, 0.2) is 18.5 Å². The number of fused-ring (bicyclic) bond motifs is 2. The molecular formula is C9H10ClN3. The van der Waals surface area contributed by atoms with E-state index < -0.39 is 0 Å². The molecule has 0 saturated carbocycles. The van der Waals surface area contributed by atoms with E-state index in [-0.39, 0.29) is 12.4 Å². The van der Waals surface area contributed by atoms with Gasteiger partial charge in [0.1, 0.15) is 0 Å². The minimum absolute atomic E-state index is 0. The summed E-state index contributed by atoms with van der Waals surface area (Å²) in [5, 5.41) is 4.15. The highest BCUT2D eigenvalue weighted by Crippen LogP contribution is 2.19. The third-order valence-electron chi connectivity index (χ3n) is 2.41. The molecule has 0 saturated heterocycles. The second-order valence-corrected chi connectivity index (χ2v) is 3.20. The standard InChI is InChI=1S/C9H9N3.ClH/c1-2-7-6-12-9(4-5-10-12)11-8(7)3-1;/h4-6H,1-3H2;1H. The quantitative estimate of drug-likeness (QED) is 0.640. The van der Waals surface area contributed by atoms with Gasteiger partial charge < -0.3 is 0 Å². The van der Waals surface area contributed by atoms with E-state index in [0.717, 1.165) is 18.5 Å². The van der Waals surface area contributed by atoms with Crippen molar-refractivity contribution in [3.63, 3.8) is 0 Å². The van der Waals surface area contributed by atoms with Crippen molar-refractivity contribution in [2.24, 2.45) is 0 Å². The van der Waals surface area contributed by atoms with Crippen molar-refractivity contribution in [3.8, 4) is 0 Å². The summed E-state index contributed by atoms with van der Waals surface area (Å²) in [7, 11) is 0. The third kappa shape index (κ3) is 1.20. The molecule has 4 heteroatoms. The number of aromatic nitrogens is 3. The molecule has 0 amide bonds. The van der Waals surface area contributed by atoms with Crippen molar-refractivity contribution in [3.05, 3.63) is 29.7 Å². The predicted molar refractivity (Wildman–Crippen MR) is 52.3 cm³/mol. The first-order valence-electron chi connectivity index (χ1n) is 4.26. The van der Waals surface area contributed by atoms with Gasteiger partial charge in [0.25, 0.3) is 0 Å². The Morgan fingerprint density at radius 2 is 2.23 bits per heavy atom. The fourth-order valence-electron chi connectivity index (χ4n) is 1.80. The molecule has 2 aromatic heterocycles. The molecule has 0 aliphatic heterocycles. The smallest absolute Gasteiger partial charge is 0.155 e. The summed E-state index contributed by atoms with van der Waals surface area (Å²) < 4.78 is 1.85. The Balaban J connectivity index is 0.000000653. The zero-order valence-corrected chi connectivity index (χ0v) is 7.92. The number of aryl methyl sites for hydroxylation is 2. The SMILES string of the molecule is Cl.c1cc2nc3c(cn2n1)CCC3. The second-order valence-electron chi connectivity index (χ2n) is 3.20. The monoisotopic (exact) mass is 195 g/mol. The molecule has 0 unspecified atom stereocenters. The Bertz CT molecular complexity index is 397. The van der Waals surface area contributed by atoms with E-state index in [1.54, 1.807) is 6.20 Å². The fourth-order valence-corrected chi connectivity index (χ4v) is 1.80. The summed E-state index contributed by atoms with van der Waals surface area (Å²) >= 11 is 0. The van der Waals surface area contributed by atoms with Crippen LogP contribution in [0, 0.1) is 0 Å². The van der Waals surface area contributed by atoms with Gasteiger partial charge in [0.15, 0.2) is 5.65 Å². The molecule has 2 heterocycles. The van der Waals surface area contributed by atoms with Crippen LogP contribution in [0.2, 0.25) is 0 Å². The average molecular weight is 196 g/mol. The lowest BCUT2D eigenvalue weighted by Crippen LogP contribution is -1.95. The van der Waals surface area contributed by atoms with Crippen LogP contribution in [0.1, 0.15) is 17.7 Å². The summed E-state index contributed by atoms with van der Waals surface area (Å²) in [6.45, 7) is 0. The highest BCUT2D eigenvalue weighted by molar-refractivity contribution is 5.85. The van der Waals surface area contributed by atoms with Crippen LogP contribution >= 0.6 is 12.4 Å². The molecule has 68 valence electrons. The van der Waals surface area contributed by atoms with Crippen molar-refractivity contribution in [2.75, 3.05) is 0 Å². The largest absolute Gasteiger partial charge is 0.233 e. The molecule has 2 aromatic rings. The second kappa shape index (κ2) is 3.00. The summed E-state index contributed by atoms with van der Waals surface area (Å²) in [5.74, 6) is 0. The summed E-state index contributed by atoms with van der Waals surface area (Å²) in [4.78, 5) is 4.52. The van der Waals surface area contributed by atoms with Gasteiger partial charge in [0, 0.05) is 18.0 Å². The fraction of sp³-hybridized carbons (Fsp3) is 0.333. The van der Waals surface area contributed by atoms with Crippen LogP contribution in [0.25, 0.3) is 5.65 Å². The molecule has 0 N–H and O–H groups in total. The van der Waals surface area contributed by atoms with Gasteiger partial charge in [-0.25, -0.2) is 9.50 Å². The average Bonchev–Trinajstić information content (AvgIpc) is 2.64. The van der Waals surface area contributed by atoms with Gasteiger partial charge in [-0.3, -0.25) is 0 Å². The lowest BCUT2D eigenvalue weighted by atomic mass is 10.3. The molecule has 1 aliphatic rings. The molecule has 3 rings (SSSR count). The molecular weight excluding hydrogens is 186 g/mol. The maximum absolute atomic E-state index is 4.52. The van der Waals surface area contributed by atoms with E-state index in [2.05, 4.69) is 16.3 Å². The first-order chi connectivity index (χ1) is 5.93. The minimum atomic E-state index is 0. The Morgan fingerprint density at radius 3 is 3.15 bits per heavy atom. The number of hydrogen-bond acceptors (Lipinski definition) is 2. The molecule has 0 spiro atoms. The highest BCUT2D eigenvalue weighted by atomic mass is 35.5. The van der Waals surface area contributed by atoms with Gasteiger partial charge in [-0.2, -0.15) is 5.10 Å². The molecule has 1 aliphatic carbocycles. The van der Waals surface area contributed by atoms with Crippen molar-refractivity contribution in [1.29, 1.82) is 0 Å². The third-order valence-corrected chi connectivity index (χ3v) is 2.41. The lowest BCUT2D eigenvalue weighted by molar-refractivity contribution is 0.900. The Morgan fingerprint density at radius 1 is 1.31 bits per heavy atom. The summed E-state index contributed by atoms with van der Waals surface area (Å²) in [6.07, 6.45) is 7.44. The van der Waals surface area contributed by atoms with Crippen LogP contribution in [-0.2, 0) is 12.8 Å². The van der Waals surface area contributed by atoms with Crippen molar-refractivity contribution in [1.82, 2.24) is 14.6 Å². The van der Waals surface area contributed by atoms with E-state index >= 15 is 0 Å². The van der Waals surface area contributed by atoms with E-state index in [1.807, 2.05) is 10.6 Å². The molecule has 0 fully saturated rings.